The van der Waals surface area contributed by atoms with E-state index in [9.17, 15) is 0 Å². The van der Waals surface area contributed by atoms with Crippen molar-refractivity contribution in [3.8, 4) is 17.2 Å². The second kappa shape index (κ2) is 9.56. The van der Waals surface area contributed by atoms with Gasteiger partial charge in [0.2, 0.25) is 0 Å². The van der Waals surface area contributed by atoms with Gasteiger partial charge < -0.3 is 18.8 Å². The van der Waals surface area contributed by atoms with Gasteiger partial charge in [0.05, 0.1) is 24.8 Å². The standard InChI is InChI=1S/C26H28N2O3/c1-19-8-6-11-25(20(19)2)30-17-7-16-28-24-10-5-4-9-23(24)27-26(28)18-31-22-14-12-21(29-3)13-15-22/h4-6,8-15H,7,16-18H2,1-3H3. The maximum Gasteiger partial charge on any atom is 0.147 e. The average molecular weight is 417 g/mol. The summed E-state index contributed by atoms with van der Waals surface area (Å²) in [4.78, 5) is 4.80. The first-order valence-corrected chi connectivity index (χ1v) is 10.6. The second-order valence-electron chi connectivity index (χ2n) is 7.53. The lowest BCUT2D eigenvalue weighted by atomic mass is 10.1. The van der Waals surface area contributed by atoms with Gasteiger partial charge >= 0.3 is 0 Å². The summed E-state index contributed by atoms with van der Waals surface area (Å²) in [5, 5.41) is 0. The number of rotatable bonds is 9. The number of imidazole rings is 1. The van der Waals surface area contributed by atoms with Crippen LogP contribution in [0.5, 0.6) is 17.2 Å². The van der Waals surface area contributed by atoms with Crippen LogP contribution in [0.2, 0.25) is 0 Å². The predicted octanol–water partition coefficient (Wildman–Crippen LogP) is 5.71. The molecule has 5 nitrogen and oxygen atoms in total. The first kappa shape index (κ1) is 20.8. The van der Waals surface area contributed by atoms with E-state index >= 15 is 0 Å². The number of nitrogens with zero attached hydrogens (tertiary/aromatic N) is 2. The number of benzene rings is 3. The van der Waals surface area contributed by atoms with Crippen LogP contribution >= 0.6 is 0 Å². The molecular formula is C26H28N2O3. The number of fused-ring (bicyclic) bond motifs is 1. The third-order valence-corrected chi connectivity index (χ3v) is 5.50. The van der Waals surface area contributed by atoms with Crippen LogP contribution < -0.4 is 14.2 Å². The van der Waals surface area contributed by atoms with Crippen molar-refractivity contribution in [1.82, 2.24) is 9.55 Å². The lowest BCUT2D eigenvalue weighted by Gasteiger charge is -2.13. The average Bonchev–Trinajstić information content (AvgIpc) is 3.15. The molecule has 31 heavy (non-hydrogen) atoms. The van der Waals surface area contributed by atoms with Crippen molar-refractivity contribution in [3.63, 3.8) is 0 Å². The number of para-hydroxylation sites is 2. The molecular weight excluding hydrogens is 388 g/mol. The molecule has 0 aliphatic rings. The highest BCUT2D eigenvalue weighted by Gasteiger charge is 2.11. The van der Waals surface area contributed by atoms with E-state index < -0.39 is 0 Å². The molecule has 1 aromatic heterocycles. The smallest absolute Gasteiger partial charge is 0.147 e. The van der Waals surface area contributed by atoms with Gasteiger partial charge in [-0.1, -0.05) is 24.3 Å². The van der Waals surface area contributed by atoms with Crippen LogP contribution in [0.15, 0.2) is 66.7 Å². The van der Waals surface area contributed by atoms with Crippen LogP contribution in [0.25, 0.3) is 11.0 Å². The number of aryl methyl sites for hydroxylation is 2. The van der Waals surface area contributed by atoms with Crippen LogP contribution in [-0.4, -0.2) is 23.3 Å². The normalized spacial score (nSPS) is 10.9. The number of hydrogen-bond donors (Lipinski definition) is 0. The molecule has 0 bridgehead atoms. The fourth-order valence-corrected chi connectivity index (χ4v) is 3.59. The van der Waals surface area contributed by atoms with E-state index in [1.54, 1.807) is 7.11 Å². The predicted molar refractivity (Wildman–Crippen MR) is 123 cm³/mol. The zero-order valence-corrected chi connectivity index (χ0v) is 18.3. The Hall–Kier alpha value is -3.47. The number of ether oxygens (including phenoxy) is 3. The van der Waals surface area contributed by atoms with E-state index in [4.69, 9.17) is 19.2 Å². The molecule has 0 aliphatic heterocycles. The van der Waals surface area contributed by atoms with Crippen molar-refractivity contribution in [3.05, 3.63) is 83.7 Å². The van der Waals surface area contributed by atoms with Crippen molar-refractivity contribution >= 4 is 11.0 Å². The molecule has 0 N–H and O–H groups in total. The molecule has 5 heteroatoms. The Bertz CT molecular complexity index is 1150. The summed E-state index contributed by atoms with van der Waals surface area (Å²) >= 11 is 0. The van der Waals surface area contributed by atoms with E-state index in [1.807, 2.05) is 54.6 Å². The topological polar surface area (TPSA) is 45.5 Å². The molecule has 1 heterocycles. The number of methoxy groups -OCH3 is 1. The van der Waals surface area contributed by atoms with Crippen molar-refractivity contribution < 1.29 is 14.2 Å². The fraction of sp³-hybridized carbons (Fsp3) is 0.269. The van der Waals surface area contributed by atoms with Gasteiger partial charge in [-0.25, -0.2) is 4.98 Å². The van der Waals surface area contributed by atoms with E-state index in [-0.39, 0.29) is 0 Å². The highest BCUT2D eigenvalue weighted by molar-refractivity contribution is 5.75. The SMILES string of the molecule is COc1ccc(OCc2nc3ccccc3n2CCCOc2cccc(C)c2C)cc1. The molecule has 0 unspecified atom stereocenters. The first-order valence-electron chi connectivity index (χ1n) is 10.6. The highest BCUT2D eigenvalue weighted by atomic mass is 16.5. The summed E-state index contributed by atoms with van der Waals surface area (Å²) in [6, 6.07) is 22.0. The Balaban J connectivity index is 1.43. The Kier molecular flexibility index (Phi) is 6.41. The Morgan fingerprint density at radius 2 is 1.61 bits per heavy atom. The van der Waals surface area contributed by atoms with Crippen molar-refractivity contribution in [2.45, 2.75) is 33.4 Å². The first-order chi connectivity index (χ1) is 15.2. The monoisotopic (exact) mass is 416 g/mol. The summed E-state index contributed by atoms with van der Waals surface area (Å²) < 4.78 is 19.5. The zero-order chi connectivity index (χ0) is 21.6. The maximum absolute atomic E-state index is 6.04. The molecule has 0 aliphatic carbocycles. The lowest BCUT2D eigenvalue weighted by Crippen LogP contribution is -2.10. The van der Waals surface area contributed by atoms with E-state index in [2.05, 4.69) is 30.5 Å². The van der Waals surface area contributed by atoms with E-state index in [1.165, 1.54) is 11.1 Å². The van der Waals surface area contributed by atoms with Crippen molar-refractivity contribution in [1.29, 1.82) is 0 Å². The van der Waals surface area contributed by atoms with Crippen LogP contribution in [0.4, 0.5) is 0 Å². The van der Waals surface area contributed by atoms with Gasteiger partial charge in [0.1, 0.15) is 29.7 Å². The summed E-state index contributed by atoms with van der Waals surface area (Å²) in [5.41, 5.74) is 4.54. The molecule has 0 radical (unpaired) electrons. The largest absolute Gasteiger partial charge is 0.497 e. The lowest BCUT2D eigenvalue weighted by molar-refractivity contribution is 0.279. The molecule has 0 saturated carbocycles. The number of aromatic nitrogens is 2. The molecule has 0 spiro atoms. The van der Waals surface area contributed by atoms with Gasteiger partial charge in [0, 0.05) is 6.54 Å². The van der Waals surface area contributed by atoms with Crippen molar-refractivity contribution in [2.24, 2.45) is 0 Å². The molecule has 4 rings (SSSR count). The fourth-order valence-electron chi connectivity index (χ4n) is 3.59. The van der Waals surface area contributed by atoms with Gasteiger partial charge in [-0.15, -0.1) is 0 Å². The highest BCUT2D eigenvalue weighted by Crippen LogP contribution is 2.22. The van der Waals surface area contributed by atoms with E-state index in [0.29, 0.717) is 13.2 Å². The summed E-state index contributed by atoms with van der Waals surface area (Å²) in [5.74, 6) is 3.46. The maximum atomic E-state index is 6.04. The Labute approximate surface area is 183 Å². The van der Waals surface area contributed by atoms with Gasteiger partial charge in [-0.3, -0.25) is 0 Å². The molecule has 0 amide bonds. The molecule has 160 valence electrons. The van der Waals surface area contributed by atoms with Crippen LogP contribution in [0.1, 0.15) is 23.4 Å². The Morgan fingerprint density at radius 3 is 2.42 bits per heavy atom. The van der Waals surface area contributed by atoms with Crippen LogP contribution in [0.3, 0.4) is 0 Å². The van der Waals surface area contributed by atoms with Gasteiger partial charge in [0.15, 0.2) is 0 Å². The second-order valence-corrected chi connectivity index (χ2v) is 7.53. The van der Waals surface area contributed by atoms with Crippen LogP contribution in [-0.2, 0) is 13.2 Å². The van der Waals surface area contributed by atoms with Crippen LogP contribution in [0, 0.1) is 13.8 Å². The summed E-state index contributed by atoms with van der Waals surface area (Å²) in [7, 11) is 1.65. The molecule has 0 fully saturated rings. The molecule has 0 saturated heterocycles. The minimum Gasteiger partial charge on any atom is -0.497 e. The quantitative estimate of drug-likeness (QED) is 0.328. The Morgan fingerprint density at radius 1 is 0.839 bits per heavy atom. The van der Waals surface area contributed by atoms with E-state index in [0.717, 1.165) is 47.1 Å². The third-order valence-electron chi connectivity index (χ3n) is 5.50. The summed E-state index contributed by atoms with van der Waals surface area (Å²) in [6.45, 7) is 6.07. The minimum absolute atomic E-state index is 0.402. The minimum atomic E-state index is 0.402. The van der Waals surface area contributed by atoms with Gasteiger partial charge in [-0.05, 0) is 73.9 Å². The van der Waals surface area contributed by atoms with Crippen molar-refractivity contribution in [2.75, 3.05) is 13.7 Å². The third kappa shape index (κ3) is 4.82. The van der Waals surface area contributed by atoms with Gasteiger partial charge in [0.25, 0.3) is 0 Å². The zero-order valence-electron chi connectivity index (χ0n) is 18.3. The molecule has 0 atom stereocenters. The molecule has 3 aromatic carbocycles. The number of hydrogen-bond acceptors (Lipinski definition) is 4. The summed E-state index contributed by atoms with van der Waals surface area (Å²) in [6.07, 6.45) is 0.878. The van der Waals surface area contributed by atoms with Gasteiger partial charge in [-0.2, -0.15) is 0 Å². The molecule has 4 aromatic rings.